The zero-order valence-corrected chi connectivity index (χ0v) is 12.8. The second-order valence-corrected chi connectivity index (χ2v) is 5.54. The van der Waals surface area contributed by atoms with Crippen molar-refractivity contribution in [2.75, 3.05) is 24.6 Å². The topological polar surface area (TPSA) is 32.8 Å². The number of hydrogen-bond acceptors (Lipinski definition) is 3. The van der Waals surface area contributed by atoms with E-state index in [4.69, 9.17) is 4.74 Å². The van der Waals surface area contributed by atoms with Crippen molar-refractivity contribution in [3.63, 3.8) is 0 Å². The Bertz CT molecular complexity index is 446. The summed E-state index contributed by atoms with van der Waals surface area (Å²) >= 11 is 0. The summed E-state index contributed by atoms with van der Waals surface area (Å²) < 4.78 is 5.15. The first-order chi connectivity index (χ1) is 9.52. The van der Waals surface area contributed by atoms with Crippen LogP contribution in [0.1, 0.15) is 26.3 Å². The molecule has 110 valence electrons. The number of carbonyl (C=O) groups is 1. The van der Waals surface area contributed by atoms with Gasteiger partial charge in [-0.2, -0.15) is 0 Å². The number of nitrogens with zero attached hydrogens (tertiary/aromatic N) is 2. The molecule has 1 aromatic rings. The summed E-state index contributed by atoms with van der Waals surface area (Å²) in [5.41, 5.74) is 2.48. The van der Waals surface area contributed by atoms with Crippen molar-refractivity contribution < 1.29 is 9.53 Å². The number of ether oxygens (including phenoxy) is 1. The molecule has 0 spiro atoms. The van der Waals surface area contributed by atoms with Gasteiger partial charge in [-0.3, -0.25) is 4.90 Å². The minimum atomic E-state index is -0.198. The van der Waals surface area contributed by atoms with Crippen molar-refractivity contribution in [2.24, 2.45) is 0 Å². The van der Waals surface area contributed by atoms with Crippen molar-refractivity contribution in [2.45, 2.75) is 39.8 Å². The molecule has 1 heterocycles. The molecule has 0 aliphatic carbocycles. The lowest BCUT2D eigenvalue weighted by atomic mass is 10.1. The van der Waals surface area contributed by atoms with E-state index in [0.717, 1.165) is 13.1 Å². The van der Waals surface area contributed by atoms with Crippen LogP contribution in [0.25, 0.3) is 0 Å². The summed E-state index contributed by atoms with van der Waals surface area (Å²) in [5.74, 6) is 0. The van der Waals surface area contributed by atoms with Crippen LogP contribution in [0.5, 0.6) is 0 Å². The second kappa shape index (κ2) is 6.16. The largest absolute Gasteiger partial charge is 0.450 e. The summed E-state index contributed by atoms with van der Waals surface area (Å²) in [5, 5.41) is 0. The van der Waals surface area contributed by atoms with Crippen LogP contribution in [-0.4, -0.2) is 42.8 Å². The first kappa shape index (κ1) is 14.7. The van der Waals surface area contributed by atoms with Gasteiger partial charge in [0.2, 0.25) is 0 Å². The average molecular weight is 276 g/mol. The van der Waals surface area contributed by atoms with Crippen molar-refractivity contribution in [3.8, 4) is 0 Å². The summed E-state index contributed by atoms with van der Waals surface area (Å²) in [4.78, 5) is 16.2. The van der Waals surface area contributed by atoms with Crippen LogP contribution in [0.3, 0.4) is 0 Å². The number of aryl methyl sites for hydroxylation is 1. The smallest absolute Gasteiger partial charge is 0.410 e. The maximum Gasteiger partial charge on any atom is 0.410 e. The summed E-state index contributed by atoms with van der Waals surface area (Å²) in [6, 6.07) is 8.85. The van der Waals surface area contributed by atoms with E-state index >= 15 is 0 Å². The van der Waals surface area contributed by atoms with Crippen molar-refractivity contribution in [3.05, 3.63) is 29.8 Å². The van der Waals surface area contributed by atoms with Crippen LogP contribution in [0.2, 0.25) is 0 Å². The van der Waals surface area contributed by atoms with Crippen LogP contribution in [0.4, 0.5) is 10.5 Å². The number of amides is 1. The maximum absolute atomic E-state index is 12.0. The van der Waals surface area contributed by atoms with E-state index in [-0.39, 0.29) is 18.2 Å². The van der Waals surface area contributed by atoms with Gasteiger partial charge in [-0.25, -0.2) is 4.79 Å². The number of benzene rings is 1. The van der Waals surface area contributed by atoms with Crippen LogP contribution in [0, 0.1) is 6.92 Å². The molecule has 1 saturated heterocycles. The van der Waals surface area contributed by atoms with Crippen LogP contribution in [0.15, 0.2) is 24.3 Å². The highest BCUT2D eigenvalue weighted by atomic mass is 16.6. The molecule has 0 aromatic heterocycles. The van der Waals surface area contributed by atoms with Gasteiger partial charge in [0.1, 0.15) is 0 Å². The standard InChI is InChI=1S/C16H24N2O2/c1-5-20-16(19)18-13(3)10-17(11-14(18)4)15-8-6-12(2)7-9-15/h6-9,13-14H,5,10-11H2,1-4H3/t13-,14+. The molecule has 2 atom stereocenters. The van der Waals surface area contributed by atoms with Crippen LogP contribution < -0.4 is 4.90 Å². The summed E-state index contributed by atoms with van der Waals surface area (Å²) in [6.07, 6.45) is -0.198. The molecule has 0 N–H and O–H groups in total. The Morgan fingerprint density at radius 2 is 1.75 bits per heavy atom. The minimum Gasteiger partial charge on any atom is -0.450 e. The van der Waals surface area contributed by atoms with E-state index in [9.17, 15) is 4.79 Å². The van der Waals surface area contributed by atoms with E-state index < -0.39 is 0 Å². The van der Waals surface area contributed by atoms with Crippen molar-refractivity contribution in [1.29, 1.82) is 0 Å². The zero-order chi connectivity index (χ0) is 14.7. The van der Waals surface area contributed by atoms with Gasteiger partial charge in [0, 0.05) is 18.8 Å². The lowest BCUT2D eigenvalue weighted by Crippen LogP contribution is -2.58. The SMILES string of the molecule is CCOC(=O)N1[C@H](C)CN(c2ccc(C)cc2)C[C@@H]1C. The third kappa shape index (κ3) is 3.06. The molecule has 4 heteroatoms. The molecule has 1 aliphatic rings. The molecule has 20 heavy (non-hydrogen) atoms. The Hall–Kier alpha value is -1.71. The lowest BCUT2D eigenvalue weighted by Gasteiger charge is -2.44. The Labute approximate surface area is 121 Å². The first-order valence-corrected chi connectivity index (χ1v) is 7.29. The molecule has 1 aliphatic heterocycles. The number of rotatable bonds is 2. The molecular formula is C16H24N2O2. The maximum atomic E-state index is 12.0. The molecule has 0 bridgehead atoms. The highest BCUT2D eigenvalue weighted by Crippen LogP contribution is 2.23. The molecule has 0 saturated carbocycles. The van der Waals surface area contributed by atoms with Crippen LogP contribution >= 0.6 is 0 Å². The van der Waals surface area contributed by atoms with Gasteiger partial charge in [0.25, 0.3) is 0 Å². The third-order valence-electron chi connectivity index (χ3n) is 3.80. The Morgan fingerprint density at radius 1 is 1.20 bits per heavy atom. The molecule has 0 radical (unpaired) electrons. The molecule has 1 fully saturated rings. The first-order valence-electron chi connectivity index (χ1n) is 7.29. The van der Waals surface area contributed by atoms with Gasteiger partial charge >= 0.3 is 6.09 Å². The highest BCUT2D eigenvalue weighted by molar-refractivity contribution is 5.69. The van der Waals surface area contributed by atoms with Gasteiger partial charge in [0.15, 0.2) is 0 Å². The van der Waals surface area contributed by atoms with Crippen LogP contribution in [-0.2, 0) is 4.74 Å². The van der Waals surface area contributed by atoms with E-state index in [2.05, 4.69) is 49.9 Å². The van der Waals surface area contributed by atoms with E-state index in [1.165, 1.54) is 11.3 Å². The van der Waals surface area contributed by atoms with Gasteiger partial charge < -0.3 is 9.64 Å². The highest BCUT2D eigenvalue weighted by Gasteiger charge is 2.33. The molecule has 1 aromatic carbocycles. The molecule has 0 unspecified atom stereocenters. The van der Waals surface area contributed by atoms with Gasteiger partial charge in [-0.05, 0) is 39.8 Å². The zero-order valence-electron chi connectivity index (χ0n) is 12.8. The van der Waals surface area contributed by atoms with Gasteiger partial charge in [-0.1, -0.05) is 17.7 Å². The normalized spacial score (nSPS) is 22.8. The minimum absolute atomic E-state index is 0.152. The quantitative estimate of drug-likeness (QED) is 0.832. The Morgan fingerprint density at radius 3 is 2.25 bits per heavy atom. The summed E-state index contributed by atoms with van der Waals surface area (Å²) in [6.45, 7) is 10.2. The van der Waals surface area contributed by atoms with E-state index in [1.54, 1.807) is 0 Å². The molecular weight excluding hydrogens is 252 g/mol. The lowest BCUT2D eigenvalue weighted by molar-refractivity contribution is 0.0698. The monoisotopic (exact) mass is 276 g/mol. The Kier molecular flexibility index (Phi) is 4.53. The summed E-state index contributed by atoms with van der Waals surface area (Å²) in [7, 11) is 0. The average Bonchev–Trinajstić information content (AvgIpc) is 2.39. The van der Waals surface area contributed by atoms with E-state index in [0.29, 0.717) is 6.61 Å². The molecule has 1 amide bonds. The van der Waals surface area contributed by atoms with Gasteiger partial charge in [-0.15, -0.1) is 0 Å². The van der Waals surface area contributed by atoms with Gasteiger partial charge in [0.05, 0.1) is 18.7 Å². The van der Waals surface area contributed by atoms with Crippen molar-refractivity contribution >= 4 is 11.8 Å². The number of piperazine rings is 1. The fraction of sp³-hybridized carbons (Fsp3) is 0.562. The fourth-order valence-electron chi connectivity index (χ4n) is 2.85. The number of hydrogen-bond donors (Lipinski definition) is 0. The fourth-order valence-corrected chi connectivity index (χ4v) is 2.85. The van der Waals surface area contributed by atoms with E-state index in [1.807, 2.05) is 11.8 Å². The number of anilines is 1. The predicted octanol–water partition coefficient (Wildman–Crippen LogP) is 3.05. The molecule has 4 nitrogen and oxygen atoms in total. The Balaban J connectivity index is 2.09. The number of carbonyl (C=O) groups excluding carboxylic acids is 1. The van der Waals surface area contributed by atoms with Crippen molar-refractivity contribution in [1.82, 2.24) is 4.90 Å². The third-order valence-corrected chi connectivity index (χ3v) is 3.80. The second-order valence-electron chi connectivity index (χ2n) is 5.54. The predicted molar refractivity (Wildman–Crippen MR) is 81.2 cm³/mol. The molecule has 2 rings (SSSR count).